The van der Waals surface area contributed by atoms with E-state index < -0.39 is 11.0 Å². The molecule has 0 saturated heterocycles. The third kappa shape index (κ3) is 3.87. The average molecular weight is 301 g/mol. The zero-order valence-corrected chi connectivity index (χ0v) is 10.4. The summed E-state index contributed by atoms with van der Waals surface area (Å²) in [6, 6.07) is 4.53. The van der Waals surface area contributed by atoms with E-state index in [1.165, 1.54) is 25.5 Å². The molecule has 0 unspecified atom stereocenters. The van der Waals surface area contributed by atoms with E-state index in [1.807, 2.05) is 0 Å². The maximum Gasteiger partial charge on any atom is 0.410 e. The number of ether oxygens (including phenoxy) is 1. The van der Waals surface area contributed by atoms with Crippen molar-refractivity contribution >= 4 is 33.8 Å². The van der Waals surface area contributed by atoms with E-state index in [4.69, 9.17) is 0 Å². The first-order valence-corrected chi connectivity index (χ1v) is 5.29. The van der Waals surface area contributed by atoms with Crippen LogP contribution < -0.4 is 5.32 Å². The van der Waals surface area contributed by atoms with Crippen LogP contribution in [0.5, 0.6) is 0 Å². The van der Waals surface area contributed by atoms with Crippen LogP contribution in [0.1, 0.15) is 5.56 Å². The number of amides is 1. The van der Waals surface area contributed by atoms with Crippen molar-refractivity contribution in [1.29, 1.82) is 0 Å². The van der Waals surface area contributed by atoms with Gasteiger partial charge in [0, 0.05) is 16.7 Å². The maximum absolute atomic E-state index is 10.8. The highest BCUT2D eigenvalue weighted by Crippen LogP contribution is 2.23. The fourth-order valence-electron chi connectivity index (χ4n) is 1.08. The van der Waals surface area contributed by atoms with Crippen molar-refractivity contribution in [1.82, 2.24) is 5.32 Å². The number of carbonyl (C=O) groups excluding carboxylic acids is 1. The molecule has 1 amide bonds. The molecule has 0 radical (unpaired) electrons. The van der Waals surface area contributed by atoms with Crippen LogP contribution in [-0.4, -0.2) is 18.1 Å². The number of benzene rings is 1. The monoisotopic (exact) mass is 300 g/mol. The molecule has 7 heteroatoms. The number of rotatable bonds is 3. The topological polar surface area (TPSA) is 81.5 Å². The molecule has 17 heavy (non-hydrogen) atoms. The third-order valence-electron chi connectivity index (χ3n) is 1.84. The Morgan fingerprint density at radius 1 is 1.59 bits per heavy atom. The number of hydrogen-bond donors (Lipinski definition) is 1. The number of carbonyl (C=O) groups is 1. The molecule has 1 N–H and O–H groups in total. The number of nitrogens with one attached hydrogen (secondary N) is 1. The second-order valence-corrected chi connectivity index (χ2v) is 3.85. The number of nitro groups is 1. The first kappa shape index (κ1) is 13.2. The van der Waals surface area contributed by atoms with E-state index in [0.29, 0.717) is 10.0 Å². The number of alkyl carbamates (subject to hydrolysis) is 1. The number of halogens is 1. The molecule has 0 spiro atoms. The minimum atomic E-state index is -0.640. The molecular weight excluding hydrogens is 292 g/mol. The molecule has 0 atom stereocenters. The van der Waals surface area contributed by atoms with Gasteiger partial charge < -0.3 is 4.74 Å². The molecule has 0 aliphatic carbocycles. The smallest absolute Gasteiger partial charge is 0.410 e. The Hall–Kier alpha value is -1.89. The van der Waals surface area contributed by atoms with Gasteiger partial charge in [-0.05, 0) is 18.2 Å². The van der Waals surface area contributed by atoms with Crippen molar-refractivity contribution in [2.75, 3.05) is 7.11 Å². The molecule has 0 aromatic heterocycles. The maximum atomic E-state index is 10.8. The van der Waals surface area contributed by atoms with Gasteiger partial charge in [-0.1, -0.05) is 15.9 Å². The van der Waals surface area contributed by atoms with Crippen molar-refractivity contribution < 1.29 is 14.5 Å². The van der Waals surface area contributed by atoms with Crippen LogP contribution in [0.3, 0.4) is 0 Å². The van der Waals surface area contributed by atoms with Crippen LogP contribution in [0.15, 0.2) is 28.9 Å². The van der Waals surface area contributed by atoms with Crippen molar-refractivity contribution in [2.24, 2.45) is 0 Å². The summed E-state index contributed by atoms with van der Waals surface area (Å²) in [6.45, 7) is 0. The summed E-state index contributed by atoms with van der Waals surface area (Å²) >= 11 is 3.21. The summed E-state index contributed by atoms with van der Waals surface area (Å²) in [6.07, 6.45) is 2.05. The molecule has 1 aromatic carbocycles. The zero-order valence-electron chi connectivity index (χ0n) is 8.84. The molecule has 0 bridgehead atoms. The van der Waals surface area contributed by atoms with Crippen LogP contribution in [0.4, 0.5) is 10.5 Å². The molecule has 0 fully saturated rings. The van der Waals surface area contributed by atoms with Crippen LogP contribution in [0.25, 0.3) is 6.08 Å². The zero-order chi connectivity index (χ0) is 12.8. The van der Waals surface area contributed by atoms with Crippen LogP contribution in [-0.2, 0) is 4.74 Å². The normalized spacial score (nSPS) is 10.2. The summed E-state index contributed by atoms with van der Waals surface area (Å²) < 4.78 is 5.05. The van der Waals surface area contributed by atoms with E-state index in [1.54, 1.807) is 12.1 Å². The SMILES string of the molecule is COC(=O)N/C=C/c1cc(Br)ccc1[N+](=O)[O-]. The Bertz CT molecular complexity index is 473. The van der Waals surface area contributed by atoms with Gasteiger partial charge in [0.25, 0.3) is 5.69 Å². The van der Waals surface area contributed by atoms with E-state index in [0.717, 1.165) is 0 Å². The second kappa shape index (κ2) is 6.00. The standard InChI is InChI=1S/C10H9BrN2O4/c1-17-10(14)12-5-4-7-6-8(11)2-3-9(7)13(15)16/h2-6H,1H3,(H,12,14)/b5-4+. The van der Waals surface area contributed by atoms with Gasteiger partial charge in [0.2, 0.25) is 0 Å². The summed E-state index contributed by atoms with van der Waals surface area (Å²) in [7, 11) is 1.23. The van der Waals surface area contributed by atoms with Crippen LogP contribution in [0, 0.1) is 10.1 Å². The lowest BCUT2D eigenvalue weighted by Crippen LogP contribution is -2.15. The van der Waals surface area contributed by atoms with Crippen molar-refractivity contribution in [3.63, 3.8) is 0 Å². The Kier molecular flexibility index (Phi) is 4.65. The molecule has 1 rings (SSSR count). The molecule has 6 nitrogen and oxygen atoms in total. The second-order valence-electron chi connectivity index (χ2n) is 2.93. The van der Waals surface area contributed by atoms with E-state index >= 15 is 0 Å². The summed E-state index contributed by atoms with van der Waals surface area (Å²) in [5, 5.41) is 13.0. The minimum Gasteiger partial charge on any atom is -0.453 e. The molecule has 1 aromatic rings. The predicted octanol–water partition coefficient (Wildman–Crippen LogP) is 2.68. The molecule has 0 saturated carbocycles. The van der Waals surface area contributed by atoms with Gasteiger partial charge in [-0.3, -0.25) is 15.4 Å². The van der Waals surface area contributed by atoms with Gasteiger partial charge in [-0.15, -0.1) is 0 Å². The van der Waals surface area contributed by atoms with Crippen LogP contribution >= 0.6 is 15.9 Å². The molecule has 0 heterocycles. The molecule has 0 aliphatic rings. The number of hydrogen-bond acceptors (Lipinski definition) is 4. The quantitative estimate of drug-likeness (QED) is 0.687. The lowest BCUT2D eigenvalue weighted by molar-refractivity contribution is -0.385. The van der Waals surface area contributed by atoms with Crippen molar-refractivity contribution in [2.45, 2.75) is 0 Å². The highest BCUT2D eigenvalue weighted by Gasteiger charge is 2.11. The van der Waals surface area contributed by atoms with Gasteiger partial charge in [0.1, 0.15) is 0 Å². The van der Waals surface area contributed by atoms with E-state index in [-0.39, 0.29) is 5.69 Å². The van der Waals surface area contributed by atoms with Crippen molar-refractivity contribution in [3.05, 3.63) is 44.5 Å². The molecule has 90 valence electrons. The lowest BCUT2D eigenvalue weighted by atomic mass is 10.2. The summed E-state index contributed by atoms with van der Waals surface area (Å²) in [5.74, 6) is 0. The number of nitrogens with zero attached hydrogens (tertiary/aromatic N) is 1. The average Bonchev–Trinajstić information content (AvgIpc) is 2.28. The highest BCUT2D eigenvalue weighted by molar-refractivity contribution is 9.10. The largest absolute Gasteiger partial charge is 0.453 e. The fourth-order valence-corrected chi connectivity index (χ4v) is 1.46. The van der Waals surface area contributed by atoms with Gasteiger partial charge in [0.15, 0.2) is 0 Å². The Morgan fingerprint density at radius 3 is 2.88 bits per heavy atom. The van der Waals surface area contributed by atoms with E-state index in [2.05, 4.69) is 26.0 Å². The lowest BCUT2D eigenvalue weighted by Gasteiger charge is -1.99. The first-order valence-electron chi connectivity index (χ1n) is 4.49. The van der Waals surface area contributed by atoms with Gasteiger partial charge >= 0.3 is 6.09 Å². The van der Waals surface area contributed by atoms with Crippen LogP contribution in [0.2, 0.25) is 0 Å². The van der Waals surface area contributed by atoms with Crippen molar-refractivity contribution in [3.8, 4) is 0 Å². The van der Waals surface area contributed by atoms with E-state index in [9.17, 15) is 14.9 Å². The Balaban J connectivity index is 2.92. The Labute approximate surface area is 106 Å². The van der Waals surface area contributed by atoms with Gasteiger partial charge in [0.05, 0.1) is 17.6 Å². The third-order valence-corrected chi connectivity index (χ3v) is 2.33. The summed E-state index contributed by atoms with van der Waals surface area (Å²) in [5.41, 5.74) is 0.330. The molecule has 0 aliphatic heterocycles. The number of methoxy groups -OCH3 is 1. The summed E-state index contributed by atoms with van der Waals surface area (Å²) in [4.78, 5) is 21.0. The van der Waals surface area contributed by atoms with Gasteiger partial charge in [-0.25, -0.2) is 4.79 Å². The Morgan fingerprint density at radius 2 is 2.29 bits per heavy atom. The number of nitro benzene ring substituents is 1. The highest BCUT2D eigenvalue weighted by atomic mass is 79.9. The van der Waals surface area contributed by atoms with Gasteiger partial charge in [-0.2, -0.15) is 0 Å². The predicted molar refractivity (Wildman–Crippen MR) is 65.4 cm³/mol. The fraction of sp³-hybridized carbons (Fsp3) is 0.100. The minimum absolute atomic E-state index is 0.0453. The first-order chi connectivity index (χ1) is 8.04. The molecular formula is C10H9BrN2O4.